The van der Waals surface area contributed by atoms with E-state index in [0.29, 0.717) is 6.04 Å². The molecule has 1 aromatic rings. The van der Waals surface area contributed by atoms with Gasteiger partial charge in [0.1, 0.15) is 0 Å². The van der Waals surface area contributed by atoms with Gasteiger partial charge in [0.05, 0.1) is 0 Å². The molecule has 4 rings (SSSR count). The smallest absolute Gasteiger partial charge is 0.223 e. The second-order valence-electron chi connectivity index (χ2n) is 6.43. The van der Waals surface area contributed by atoms with E-state index in [9.17, 15) is 0 Å². The molecule has 96 valence electrons. The van der Waals surface area contributed by atoms with Gasteiger partial charge < -0.3 is 5.32 Å². The van der Waals surface area contributed by atoms with Crippen LogP contribution in [0.3, 0.4) is 0 Å². The van der Waals surface area contributed by atoms with Crippen molar-refractivity contribution in [1.29, 1.82) is 0 Å². The Labute approximate surface area is 108 Å². The summed E-state index contributed by atoms with van der Waals surface area (Å²) in [7, 11) is 0. The largest absolute Gasteiger partial charge is 0.351 e. The van der Waals surface area contributed by atoms with Gasteiger partial charge in [-0.2, -0.15) is 0 Å². The van der Waals surface area contributed by atoms with Gasteiger partial charge in [-0.1, -0.05) is 6.42 Å². The van der Waals surface area contributed by atoms with Gasteiger partial charge in [0.2, 0.25) is 5.95 Å². The predicted molar refractivity (Wildman–Crippen MR) is 71.2 cm³/mol. The van der Waals surface area contributed by atoms with Crippen LogP contribution in [0.25, 0.3) is 0 Å². The maximum Gasteiger partial charge on any atom is 0.223 e. The zero-order chi connectivity index (χ0) is 12.1. The first kappa shape index (κ1) is 10.8. The van der Waals surface area contributed by atoms with Crippen LogP contribution in [0.5, 0.6) is 0 Å². The molecule has 5 unspecified atom stereocenters. The number of anilines is 1. The first-order valence-corrected chi connectivity index (χ1v) is 7.37. The van der Waals surface area contributed by atoms with E-state index in [4.69, 9.17) is 0 Å². The third kappa shape index (κ3) is 1.56. The molecule has 18 heavy (non-hydrogen) atoms. The van der Waals surface area contributed by atoms with E-state index in [1.165, 1.54) is 32.1 Å². The molecule has 2 bridgehead atoms. The van der Waals surface area contributed by atoms with Crippen LogP contribution in [-0.4, -0.2) is 16.0 Å². The molecule has 0 spiro atoms. The van der Waals surface area contributed by atoms with Gasteiger partial charge in [0.15, 0.2) is 0 Å². The zero-order valence-electron chi connectivity index (χ0n) is 11.0. The number of rotatable bonds is 2. The van der Waals surface area contributed by atoms with Gasteiger partial charge in [0, 0.05) is 17.9 Å². The van der Waals surface area contributed by atoms with Crippen LogP contribution in [-0.2, 0) is 0 Å². The number of aryl methyl sites for hydroxylation is 1. The third-order valence-corrected chi connectivity index (χ3v) is 5.54. The van der Waals surface area contributed by atoms with Crippen LogP contribution in [0.4, 0.5) is 5.95 Å². The van der Waals surface area contributed by atoms with E-state index in [-0.39, 0.29) is 0 Å². The van der Waals surface area contributed by atoms with Crippen LogP contribution in [0.1, 0.15) is 37.8 Å². The molecule has 3 fully saturated rings. The standard InChI is InChI=1S/C15H21N3/c1-9-5-6-16-15(17-9)18-14-8-10-7-13(14)12-4-2-3-11(10)12/h5-6,10-14H,2-4,7-8H2,1H3,(H,16,17,18). The number of aromatic nitrogens is 2. The maximum atomic E-state index is 4.48. The van der Waals surface area contributed by atoms with Crippen LogP contribution >= 0.6 is 0 Å². The molecule has 1 N–H and O–H groups in total. The van der Waals surface area contributed by atoms with Crippen LogP contribution < -0.4 is 5.32 Å². The fourth-order valence-corrected chi connectivity index (χ4v) is 4.92. The van der Waals surface area contributed by atoms with E-state index in [1.807, 2.05) is 19.2 Å². The third-order valence-electron chi connectivity index (χ3n) is 5.54. The van der Waals surface area contributed by atoms with Crippen molar-refractivity contribution >= 4 is 5.95 Å². The molecule has 0 saturated heterocycles. The summed E-state index contributed by atoms with van der Waals surface area (Å²) < 4.78 is 0. The highest BCUT2D eigenvalue weighted by Crippen LogP contribution is 2.59. The summed E-state index contributed by atoms with van der Waals surface area (Å²) in [4.78, 5) is 8.83. The molecule has 0 amide bonds. The number of fused-ring (bicyclic) bond motifs is 5. The Kier molecular flexibility index (Phi) is 2.36. The summed E-state index contributed by atoms with van der Waals surface area (Å²) in [5, 5.41) is 3.60. The Morgan fingerprint density at radius 2 is 2.06 bits per heavy atom. The molecular weight excluding hydrogens is 222 g/mol. The molecule has 1 heterocycles. The van der Waals surface area contributed by atoms with E-state index in [0.717, 1.165) is 35.3 Å². The molecule has 3 nitrogen and oxygen atoms in total. The maximum absolute atomic E-state index is 4.48. The molecule has 3 saturated carbocycles. The van der Waals surface area contributed by atoms with Crippen molar-refractivity contribution in [2.24, 2.45) is 23.7 Å². The number of nitrogens with one attached hydrogen (secondary N) is 1. The highest BCUT2D eigenvalue weighted by molar-refractivity contribution is 5.29. The Balaban J connectivity index is 1.51. The van der Waals surface area contributed by atoms with Crippen molar-refractivity contribution in [3.63, 3.8) is 0 Å². The van der Waals surface area contributed by atoms with Gasteiger partial charge in [-0.05, 0) is 62.3 Å². The molecule has 3 aliphatic carbocycles. The van der Waals surface area contributed by atoms with E-state index in [1.54, 1.807) is 0 Å². The summed E-state index contributed by atoms with van der Waals surface area (Å²) in [6.45, 7) is 2.03. The Bertz CT molecular complexity index is 459. The number of nitrogens with zero attached hydrogens (tertiary/aromatic N) is 2. The Morgan fingerprint density at radius 3 is 2.94 bits per heavy atom. The first-order valence-electron chi connectivity index (χ1n) is 7.37. The summed E-state index contributed by atoms with van der Waals surface area (Å²) in [5.41, 5.74) is 1.05. The second kappa shape index (κ2) is 3.94. The minimum Gasteiger partial charge on any atom is -0.351 e. The molecule has 0 radical (unpaired) electrons. The van der Waals surface area contributed by atoms with Crippen LogP contribution in [0, 0.1) is 30.6 Å². The molecule has 3 heteroatoms. The van der Waals surface area contributed by atoms with Crippen molar-refractivity contribution in [2.45, 2.75) is 45.1 Å². The quantitative estimate of drug-likeness (QED) is 0.867. The normalized spacial score (nSPS) is 41.1. The second-order valence-corrected chi connectivity index (χ2v) is 6.43. The monoisotopic (exact) mass is 243 g/mol. The van der Waals surface area contributed by atoms with Gasteiger partial charge >= 0.3 is 0 Å². The zero-order valence-corrected chi connectivity index (χ0v) is 11.0. The predicted octanol–water partition coefficient (Wildman–Crippen LogP) is 3.02. The average Bonchev–Trinajstić information content (AvgIpc) is 2.99. The topological polar surface area (TPSA) is 37.8 Å². The lowest BCUT2D eigenvalue weighted by molar-refractivity contribution is 0.243. The summed E-state index contributed by atoms with van der Waals surface area (Å²) in [6.07, 6.45) is 9.10. The average molecular weight is 243 g/mol. The molecule has 0 aromatic carbocycles. The summed E-state index contributed by atoms with van der Waals surface area (Å²) in [5.74, 6) is 4.79. The minimum absolute atomic E-state index is 0.635. The molecule has 3 aliphatic rings. The van der Waals surface area contributed by atoms with Gasteiger partial charge in [-0.25, -0.2) is 9.97 Å². The van der Waals surface area contributed by atoms with Gasteiger partial charge in [0.25, 0.3) is 0 Å². The van der Waals surface area contributed by atoms with Crippen molar-refractivity contribution in [1.82, 2.24) is 9.97 Å². The lowest BCUT2D eigenvalue weighted by Crippen LogP contribution is -2.34. The molecule has 5 atom stereocenters. The van der Waals surface area contributed by atoms with E-state index >= 15 is 0 Å². The lowest BCUT2D eigenvalue weighted by atomic mass is 9.79. The molecule has 0 aliphatic heterocycles. The van der Waals surface area contributed by atoms with Crippen molar-refractivity contribution in [3.8, 4) is 0 Å². The fourth-order valence-electron chi connectivity index (χ4n) is 4.92. The van der Waals surface area contributed by atoms with Crippen molar-refractivity contribution in [3.05, 3.63) is 18.0 Å². The summed E-state index contributed by atoms with van der Waals surface area (Å²) >= 11 is 0. The molecule has 1 aromatic heterocycles. The van der Waals surface area contributed by atoms with Gasteiger partial charge in [-0.15, -0.1) is 0 Å². The highest BCUT2D eigenvalue weighted by Gasteiger charge is 2.53. The van der Waals surface area contributed by atoms with Gasteiger partial charge in [-0.3, -0.25) is 0 Å². The van der Waals surface area contributed by atoms with Crippen LogP contribution in [0.2, 0.25) is 0 Å². The Hall–Kier alpha value is -1.12. The van der Waals surface area contributed by atoms with E-state index < -0.39 is 0 Å². The number of hydrogen-bond acceptors (Lipinski definition) is 3. The highest BCUT2D eigenvalue weighted by atomic mass is 15.1. The minimum atomic E-state index is 0.635. The van der Waals surface area contributed by atoms with Crippen LogP contribution in [0.15, 0.2) is 12.3 Å². The summed E-state index contributed by atoms with van der Waals surface area (Å²) in [6, 6.07) is 2.59. The SMILES string of the molecule is Cc1ccnc(NC2CC3CC2C2CCCC32)n1. The first-order chi connectivity index (χ1) is 8.81. The lowest BCUT2D eigenvalue weighted by Gasteiger charge is -2.32. The Morgan fingerprint density at radius 1 is 1.17 bits per heavy atom. The van der Waals surface area contributed by atoms with E-state index in [2.05, 4.69) is 15.3 Å². The van der Waals surface area contributed by atoms with Crippen molar-refractivity contribution < 1.29 is 0 Å². The number of hydrogen-bond donors (Lipinski definition) is 1. The fraction of sp³-hybridized carbons (Fsp3) is 0.733. The molecular formula is C15H21N3. The van der Waals surface area contributed by atoms with Crippen molar-refractivity contribution in [2.75, 3.05) is 5.32 Å².